The molecule has 4 aromatic rings. The quantitative estimate of drug-likeness (QED) is 0.237. The van der Waals surface area contributed by atoms with Gasteiger partial charge in [0.25, 0.3) is 0 Å². The SMILES string of the molecule is COc1ccc(C2=NC[C@H](CSc3ncc(-c4ccc(Cl)cc4)n3-c3ccc(OC)cc3)S2)cc1. The van der Waals surface area contributed by atoms with E-state index >= 15 is 0 Å². The van der Waals surface area contributed by atoms with Crippen molar-refractivity contribution in [2.45, 2.75) is 10.4 Å². The number of aliphatic imine (C=N–C) groups is 1. The van der Waals surface area contributed by atoms with E-state index in [0.717, 1.165) is 56.5 Å². The minimum absolute atomic E-state index is 0.386. The summed E-state index contributed by atoms with van der Waals surface area (Å²) in [7, 11) is 3.35. The average Bonchev–Trinajstić information content (AvgIpc) is 3.55. The van der Waals surface area contributed by atoms with E-state index in [4.69, 9.17) is 31.1 Å². The number of methoxy groups -OCH3 is 2. The van der Waals surface area contributed by atoms with E-state index in [9.17, 15) is 0 Å². The lowest BCUT2D eigenvalue weighted by atomic mass is 10.1. The fourth-order valence-electron chi connectivity index (χ4n) is 3.81. The second-order valence-corrected chi connectivity index (χ2v) is 10.6. The van der Waals surface area contributed by atoms with Gasteiger partial charge in [-0.1, -0.05) is 35.5 Å². The van der Waals surface area contributed by atoms with Crippen LogP contribution in [0.25, 0.3) is 16.9 Å². The zero-order chi connectivity index (χ0) is 24.2. The third kappa shape index (κ3) is 5.37. The highest BCUT2D eigenvalue weighted by molar-refractivity contribution is 8.16. The molecule has 5 nitrogen and oxygen atoms in total. The summed E-state index contributed by atoms with van der Waals surface area (Å²) in [6.07, 6.45) is 1.93. The Bertz CT molecular complexity index is 1320. The lowest BCUT2D eigenvalue weighted by Crippen LogP contribution is -2.08. The Morgan fingerprint density at radius 2 is 1.54 bits per heavy atom. The minimum atomic E-state index is 0.386. The molecule has 1 aromatic heterocycles. The summed E-state index contributed by atoms with van der Waals surface area (Å²) in [5.41, 5.74) is 4.24. The predicted octanol–water partition coefficient (Wildman–Crippen LogP) is 6.86. The first kappa shape index (κ1) is 23.9. The maximum Gasteiger partial charge on any atom is 0.173 e. The van der Waals surface area contributed by atoms with Crippen molar-refractivity contribution in [3.05, 3.63) is 89.6 Å². The first-order chi connectivity index (χ1) is 17.1. The van der Waals surface area contributed by atoms with E-state index < -0.39 is 0 Å². The van der Waals surface area contributed by atoms with Crippen LogP contribution in [-0.4, -0.2) is 46.4 Å². The molecule has 178 valence electrons. The van der Waals surface area contributed by atoms with Crippen molar-refractivity contribution >= 4 is 40.2 Å². The van der Waals surface area contributed by atoms with Gasteiger partial charge in [0.15, 0.2) is 5.16 Å². The zero-order valence-electron chi connectivity index (χ0n) is 19.3. The maximum absolute atomic E-state index is 6.13. The van der Waals surface area contributed by atoms with E-state index in [-0.39, 0.29) is 0 Å². The highest BCUT2D eigenvalue weighted by Gasteiger charge is 2.23. The van der Waals surface area contributed by atoms with Crippen molar-refractivity contribution in [2.75, 3.05) is 26.5 Å². The van der Waals surface area contributed by atoms with Crippen molar-refractivity contribution in [1.82, 2.24) is 9.55 Å². The van der Waals surface area contributed by atoms with Crippen LogP contribution < -0.4 is 9.47 Å². The first-order valence-corrected chi connectivity index (χ1v) is 13.4. The third-order valence-corrected chi connectivity index (χ3v) is 8.47. The fraction of sp³-hybridized carbons (Fsp3) is 0.185. The molecule has 0 spiro atoms. The lowest BCUT2D eigenvalue weighted by molar-refractivity contribution is 0.414. The van der Waals surface area contributed by atoms with Crippen LogP contribution in [0.4, 0.5) is 0 Å². The summed E-state index contributed by atoms with van der Waals surface area (Å²) in [6.45, 7) is 0.798. The molecule has 0 amide bonds. The molecule has 0 unspecified atom stereocenters. The van der Waals surface area contributed by atoms with E-state index in [1.54, 1.807) is 26.0 Å². The number of halogens is 1. The molecule has 0 bridgehead atoms. The molecule has 1 atom stereocenters. The molecule has 2 heterocycles. The summed E-state index contributed by atoms with van der Waals surface area (Å²) >= 11 is 9.71. The highest BCUT2D eigenvalue weighted by Crippen LogP contribution is 2.34. The number of thioether (sulfide) groups is 2. The highest BCUT2D eigenvalue weighted by atomic mass is 35.5. The fourth-order valence-corrected chi connectivity index (χ4v) is 6.19. The molecule has 0 saturated heterocycles. The van der Waals surface area contributed by atoms with Gasteiger partial charge in [-0.05, 0) is 60.7 Å². The van der Waals surface area contributed by atoms with Crippen LogP contribution in [-0.2, 0) is 0 Å². The number of aromatic nitrogens is 2. The maximum atomic E-state index is 6.13. The molecule has 8 heteroatoms. The van der Waals surface area contributed by atoms with Gasteiger partial charge in [-0.25, -0.2) is 4.98 Å². The monoisotopic (exact) mass is 521 g/mol. The van der Waals surface area contributed by atoms with Gasteiger partial charge in [0.1, 0.15) is 11.5 Å². The summed E-state index contributed by atoms with van der Waals surface area (Å²) in [5, 5.41) is 3.12. The molecule has 0 saturated carbocycles. The standard InChI is InChI=1S/C27H24ClN3O2S2/c1-32-22-11-5-19(6-12-22)26-29-15-24(35-26)17-34-27-30-16-25(18-3-7-20(28)8-4-18)31(27)21-9-13-23(33-2)14-10-21/h3-14,16,24H,15,17H2,1-2H3/t24-/m1/s1. The van der Waals surface area contributed by atoms with Gasteiger partial charge in [0, 0.05) is 32.8 Å². The van der Waals surface area contributed by atoms with Crippen LogP contribution in [0.15, 0.2) is 89.1 Å². The number of benzene rings is 3. The lowest BCUT2D eigenvalue weighted by Gasteiger charge is -2.14. The Hall–Kier alpha value is -2.87. The molecule has 3 aromatic carbocycles. The number of imidazole rings is 1. The van der Waals surface area contributed by atoms with E-state index in [1.165, 1.54) is 0 Å². The molecular weight excluding hydrogens is 498 g/mol. The molecular formula is C27H24ClN3O2S2. The van der Waals surface area contributed by atoms with Gasteiger partial charge in [-0.15, -0.1) is 11.8 Å². The van der Waals surface area contributed by atoms with Crippen LogP contribution in [0.3, 0.4) is 0 Å². The smallest absolute Gasteiger partial charge is 0.173 e. The second-order valence-electron chi connectivity index (χ2n) is 7.89. The van der Waals surface area contributed by atoms with Crippen molar-refractivity contribution in [3.8, 4) is 28.4 Å². The summed E-state index contributed by atoms with van der Waals surface area (Å²) in [5.74, 6) is 2.58. The van der Waals surface area contributed by atoms with Crippen molar-refractivity contribution in [1.29, 1.82) is 0 Å². The molecule has 5 rings (SSSR count). The predicted molar refractivity (Wildman–Crippen MR) is 147 cm³/mol. The Labute approximate surface area is 218 Å². The average molecular weight is 522 g/mol. The molecule has 0 N–H and O–H groups in total. The van der Waals surface area contributed by atoms with E-state index in [2.05, 4.69) is 28.8 Å². The molecule has 0 radical (unpaired) electrons. The van der Waals surface area contributed by atoms with Gasteiger partial charge in [-0.3, -0.25) is 9.56 Å². The second kappa shape index (κ2) is 10.8. The van der Waals surface area contributed by atoms with Gasteiger partial charge >= 0.3 is 0 Å². The molecule has 0 fully saturated rings. The van der Waals surface area contributed by atoms with Gasteiger partial charge in [-0.2, -0.15) is 0 Å². The minimum Gasteiger partial charge on any atom is -0.497 e. The molecule has 1 aliphatic heterocycles. The zero-order valence-corrected chi connectivity index (χ0v) is 21.7. The number of hydrogen-bond acceptors (Lipinski definition) is 6. The van der Waals surface area contributed by atoms with Crippen LogP contribution in [0.5, 0.6) is 11.5 Å². The first-order valence-electron chi connectivity index (χ1n) is 11.1. The largest absolute Gasteiger partial charge is 0.497 e. The van der Waals surface area contributed by atoms with Gasteiger partial charge in [0.2, 0.25) is 0 Å². The van der Waals surface area contributed by atoms with Crippen LogP contribution in [0.2, 0.25) is 5.02 Å². The Morgan fingerprint density at radius 1 is 0.914 bits per heavy atom. The Kier molecular flexibility index (Phi) is 7.37. The van der Waals surface area contributed by atoms with Crippen LogP contribution >= 0.6 is 35.1 Å². The third-order valence-electron chi connectivity index (χ3n) is 5.65. The van der Waals surface area contributed by atoms with Gasteiger partial charge in [0.05, 0.1) is 37.7 Å². The number of hydrogen-bond donors (Lipinski definition) is 0. The van der Waals surface area contributed by atoms with Crippen molar-refractivity contribution in [3.63, 3.8) is 0 Å². The van der Waals surface area contributed by atoms with Crippen molar-refractivity contribution < 1.29 is 9.47 Å². The van der Waals surface area contributed by atoms with E-state index in [1.807, 2.05) is 66.5 Å². The van der Waals surface area contributed by atoms with Crippen LogP contribution in [0.1, 0.15) is 5.56 Å². The summed E-state index contributed by atoms with van der Waals surface area (Å²) < 4.78 is 12.8. The Balaban J connectivity index is 1.35. The number of ether oxygens (including phenoxy) is 2. The number of rotatable bonds is 8. The topological polar surface area (TPSA) is 48.6 Å². The van der Waals surface area contributed by atoms with Crippen LogP contribution in [0, 0.1) is 0 Å². The van der Waals surface area contributed by atoms with Gasteiger partial charge < -0.3 is 9.47 Å². The van der Waals surface area contributed by atoms with Crippen molar-refractivity contribution in [2.24, 2.45) is 4.99 Å². The summed E-state index contributed by atoms with van der Waals surface area (Å²) in [6, 6.07) is 24.0. The molecule has 0 aliphatic carbocycles. The van der Waals surface area contributed by atoms with E-state index in [0.29, 0.717) is 10.3 Å². The number of nitrogens with zero attached hydrogens (tertiary/aromatic N) is 3. The Morgan fingerprint density at radius 3 is 2.20 bits per heavy atom. The molecule has 1 aliphatic rings. The molecule has 35 heavy (non-hydrogen) atoms. The normalized spacial score (nSPS) is 15.2. The summed E-state index contributed by atoms with van der Waals surface area (Å²) in [4.78, 5) is 9.58.